The number of halogens is 1. The quantitative estimate of drug-likeness (QED) is 0.733. The highest BCUT2D eigenvalue weighted by Gasteiger charge is 2.06. The van der Waals surface area contributed by atoms with Crippen LogP contribution in [0.1, 0.15) is 12.0 Å². The van der Waals surface area contributed by atoms with Gasteiger partial charge in [-0.05, 0) is 58.6 Å². The average Bonchev–Trinajstić information content (AvgIpc) is 2.52. The Hall–Kier alpha value is -0.970. The number of hydrogen-bond acceptors (Lipinski definition) is 3. The number of benzene rings is 2. The van der Waals surface area contributed by atoms with Gasteiger partial charge in [0.2, 0.25) is 0 Å². The summed E-state index contributed by atoms with van der Waals surface area (Å²) in [6.07, 6.45) is 1.99. The molecule has 0 amide bonds. The van der Waals surface area contributed by atoms with E-state index in [1.165, 1.54) is 10.5 Å². The topological polar surface area (TPSA) is 35.2 Å². The lowest BCUT2D eigenvalue weighted by atomic mass is 10.1. The summed E-state index contributed by atoms with van der Waals surface area (Å²) >= 11 is 5.37. The van der Waals surface area contributed by atoms with Crippen LogP contribution in [0.3, 0.4) is 0 Å². The molecule has 0 bridgehead atoms. The number of aryl methyl sites for hydroxylation is 1. The summed E-state index contributed by atoms with van der Waals surface area (Å²) in [7, 11) is 1.68. The molecule has 0 heterocycles. The van der Waals surface area contributed by atoms with Crippen molar-refractivity contribution in [3.8, 4) is 5.75 Å². The third-order valence-corrected chi connectivity index (χ3v) is 5.47. The van der Waals surface area contributed by atoms with Crippen molar-refractivity contribution in [2.24, 2.45) is 5.73 Å². The van der Waals surface area contributed by atoms with Gasteiger partial charge in [0.15, 0.2) is 0 Å². The monoisotopic (exact) mass is 365 g/mol. The molecule has 0 radical (unpaired) electrons. The smallest absolute Gasteiger partial charge is 0.118 e. The number of hydrogen-bond donors (Lipinski definition) is 1. The van der Waals surface area contributed by atoms with Gasteiger partial charge in [0, 0.05) is 21.2 Å². The highest BCUT2D eigenvalue weighted by atomic mass is 79.9. The van der Waals surface area contributed by atoms with Crippen LogP contribution in [0.25, 0.3) is 0 Å². The van der Waals surface area contributed by atoms with Crippen molar-refractivity contribution < 1.29 is 4.74 Å². The first-order valence-electron chi connectivity index (χ1n) is 6.95. The second kappa shape index (κ2) is 8.47. The van der Waals surface area contributed by atoms with Crippen LogP contribution in [0.15, 0.2) is 57.9 Å². The van der Waals surface area contributed by atoms with E-state index in [0.717, 1.165) is 28.8 Å². The molecule has 2 aromatic carbocycles. The Morgan fingerprint density at radius 3 is 2.52 bits per heavy atom. The molecule has 2 N–H and O–H groups in total. The molecule has 0 saturated carbocycles. The molecule has 0 aliphatic rings. The van der Waals surface area contributed by atoms with Crippen molar-refractivity contribution >= 4 is 27.7 Å². The molecule has 0 aromatic heterocycles. The zero-order chi connectivity index (χ0) is 15.1. The minimum Gasteiger partial charge on any atom is -0.497 e. The van der Waals surface area contributed by atoms with Crippen LogP contribution in [0, 0.1) is 0 Å². The SMILES string of the molecule is COc1ccc(CCC(N)CSc2ccccc2Br)cc1. The summed E-state index contributed by atoms with van der Waals surface area (Å²) in [6, 6.07) is 16.7. The van der Waals surface area contributed by atoms with E-state index >= 15 is 0 Å². The predicted molar refractivity (Wildman–Crippen MR) is 94.2 cm³/mol. The molecule has 4 heteroatoms. The Balaban J connectivity index is 1.76. The first-order chi connectivity index (χ1) is 10.2. The van der Waals surface area contributed by atoms with Gasteiger partial charge in [0.1, 0.15) is 5.75 Å². The molecule has 2 rings (SSSR count). The first-order valence-corrected chi connectivity index (χ1v) is 8.72. The molecule has 0 saturated heterocycles. The summed E-state index contributed by atoms with van der Waals surface area (Å²) in [5.74, 6) is 1.83. The van der Waals surface area contributed by atoms with Crippen LogP contribution in [0.5, 0.6) is 5.75 Å². The van der Waals surface area contributed by atoms with Crippen molar-refractivity contribution in [2.75, 3.05) is 12.9 Å². The van der Waals surface area contributed by atoms with Gasteiger partial charge in [-0.15, -0.1) is 11.8 Å². The normalized spacial score (nSPS) is 12.1. The van der Waals surface area contributed by atoms with E-state index in [-0.39, 0.29) is 6.04 Å². The fourth-order valence-corrected chi connectivity index (χ4v) is 3.56. The van der Waals surface area contributed by atoms with E-state index in [9.17, 15) is 0 Å². The molecule has 0 aliphatic heterocycles. The molecule has 2 aromatic rings. The maximum atomic E-state index is 6.21. The Morgan fingerprint density at radius 1 is 1.14 bits per heavy atom. The number of nitrogens with two attached hydrogens (primary N) is 1. The molecular weight excluding hydrogens is 346 g/mol. The first kappa shape index (κ1) is 16.4. The largest absolute Gasteiger partial charge is 0.497 e. The van der Waals surface area contributed by atoms with Gasteiger partial charge in [-0.2, -0.15) is 0 Å². The second-order valence-electron chi connectivity index (χ2n) is 4.89. The molecule has 0 spiro atoms. The molecule has 0 aliphatic carbocycles. The fraction of sp³-hybridized carbons (Fsp3) is 0.294. The molecule has 0 fully saturated rings. The molecular formula is C17H20BrNOS. The zero-order valence-corrected chi connectivity index (χ0v) is 14.5. The van der Waals surface area contributed by atoms with Crippen molar-refractivity contribution in [3.05, 3.63) is 58.6 Å². The van der Waals surface area contributed by atoms with Crippen molar-refractivity contribution in [1.29, 1.82) is 0 Å². The van der Waals surface area contributed by atoms with Gasteiger partial charge in [-0.3, -0.25) is 0 Å². The fourth-order valence-electron chi connectivity index (χ4n) is 1.99. The van der Waals surface area contributed by atoms with Gasteiger partial charge in [-0.25, -0.2) is 0 Å². The Kier molecular flexibility index (Phi) is 6.61. The summed E-state index contributed by atoms with van der Waals surface area (Å²) in [5.41, 5.74) is 7.52. The highest BCUT2D eigenvalue weighted by Crippen LogP contribution is 2.27. The van der Waals surface area contributed by atoms with Crippen LogP contribution < -0.4 is 10.5 Å². The van der Waals surface area contributed by atoms with E-state index in [2.05, 4.69) is 46.3 Å². The number of rotatable bonds is 7. The maximum absolute atomic E-state index is 6.21. The van der Waals surface area contributed by atoms with E-state index in [1.54, 1.807) is 18.9 Å². The lowest BCUT2D eigenvalue weighted by molar-refractivity contribution is 0.414. The van der Waals surface area contributed by atoms with Gasteiger partial charge < -0.3 is 10.5 Å². The van der Waals surface area contributed by atoms with Gasteiger partial charge in [0.05, 0.1) is 7.11 Å². The van der Waals surface area contributed by atoms with Crippen LogP contribution in [-0.2, 0) is 6.42 Å². The lowest BCUT2D eigenvalue weighted by Crippen LogP contribution is -2.23. The van der Waals surface area contributed by atoms with Crippen molar-refractivity contribution in [2.45, 2.75) is 23.8 Å². The molecule has 1 atom stereocenters. The van der Waals surface area contributed by atoms with Crippen LogP contribution in [0.4, 0.5) is 0 Å². The van der Waals surface area contributed by atoms with E-state index in [1.807, 2.05) is 18.2 Å². The third-order valence-electron chi connectivity index (χ3n) is 3.25. The standard InChI is InChI=1S/C17H20BrNOS/c1-20-15-10-7-13(8-11-15)6-9-14(19)12-21-17-5-3-2-4-16(17)18/h2-5,7-8,10-11,14H,6,9,12,19H2,1H3. The molecule has 1 unspecified atom stereocenters. The molecule has 112 valence electrons. The van der Waals surface area contributed by atoms with Gasteiger partial charge in [0.25, 0.3) is 0 Å². The Morgan fingerprint density at radius 2 is 1.86 bits per heavy atom. The third kappa shape index (κ3) is 5.38. The summed E-state index contributed by atoms with van der Waals surface area (Å²) in [5, 5.41) is 0. The Bertz CT molecular complexity index is 559. The van der Waals surface area contributed by atoms with Crippen molar-refractivity contribution in [3.63, 3.8) is 0 Å². The second-order valence-corrected chi connectivity index (χ2v) is 6.80. The summed E-state index contributed by atoms with van der Waals surface area (Å²) in [6.45, 7) is 0. The predicted octanol–water partition coefficient (Wildman–Crippen LogP) is 4.51. The number of ether oxygens (including phenoxy) is 1. The lowest BCUT2D eigenvalue weighted by Gasteiger charge is -2.12. The minimum absolute atomic E-state index is 0.198. The van der Waals surface area contributed by atoms with Gasteiger partial charge in [-0.1, -0.05) is 24.3 Å². The summed E-state index contributed by atoms with van der Waals surface area (Å²) in [4.78, 5) is 1.25. The maximum Gasteiger partial charge on any atom is 0.118 e. The van der Waals surface area contributed by atoms with Crippen LogP contribution >= 0.6 is 27.7 Å². The van der Waals surface area contributed by atoms with E-state index in [4.69, 9.17) is 10.5 Å². The average molecular weight is 366 g/mol. The minimum atomic E-state index is 0.198. The zero-order valence-electron chi connectivity index (χ0n) is 12.1. The van der Waals surface area contributed by atoms with Gasteiger partial charge >= 0.3 is 0 Å². The Labute approximate surface area is 139 Å². The molecule has 2 nitrogen and oxygen atoms in total. The van der Waals surface area contributed by atoms with Crippen molar-refractivity contribution in [1.82, 2.24) is 0 Å². The number of thioether (sulfide) groups is 1. The highest BCUT2D eigenvalue weighted by molar-refractivity contribution is 9.10. The molecule has 21 heavy (non-hydrogen) atoms. The van der Waals surface area contributed by atoms with E-state index in [0.29, 0.717) is 0 Å². The number of methoxy groups -OCH3 is 1. The van der Waals surface area contributed by atoms with E-state index < -0.39 is 0 Å². The van der Waals surface area contributed by atoms with Crippen LogP contribution in [-0.4, -0.2) is 18.9 Å². The van der Waals surface area contributed by atoms with Crippen LogP contribution in [0.2, 0.25) is 0 Å². The summed E-state index contributed by atoms with van der Waals surface area (Å²) < 4.78 is 6.30.